The van der Waals surface area contributed by atoms with Crippen molar-refractivity contribution < 1.29 is 8.42 Å². The molecular weight excluding hydrogens is 246 g/mol. The van der Waals surface area contributed by atoms with Crippen molar-refractivity contribution in [3.8, 4) is 0 Å². The monoisotopic (exact) mass is 269 g/mol. The van der Waals surface area contributed by atoms with Gasteiger partial charge in [-0.15, -0.1) is 0 Å². The minimum atomic E-state index is -3.08. The largest absolute Gasteiger partial charge is 0.327 e. The zero-order valence-corrected chi connectivity index (χ0v) is 12.2. The summed E-state index contributed by atoms with van der Waals surface area (Å²) >= 11 is 0. The molecule has 0 heterocycles. The van der Waals surface area contributed by atoms with Gasteiger partial charge in [-0.3, -0.25) is 0 Å². The van der Waals surface area contributed by atoms with Crippen LogP contribution in [0, 0.1) is 5.92 Å². The molecule has 0 aliphatic carbocycles. The highest BCUT2D eigenvalue weighted by molar-refractivity contribution is 7.90. The van der Waals surface area contributed by atoms with Crippen LogP contribution < -0.4 is 5.73 Å². The van der Waals surface area contributed by atoms with Gasteiger partial charge in [0.15, 0.2) is 9.84 Å². The Bertz CT molecular complexity index is 463. The van der Waals surface area contributed by atoms with Gasteiger partial charge in [0, 0.05) is 12.3 Å². The van der Waals surface area contributed by atoms with E-state index in [0.717, 1.165) is 19.3 Å². The fraction of sp³-hybridized carbons (Fsp3) is 0.571. The second kappa shape index (κ2) is 6.34. The topological polar surface area (TPSA) is 60.2 Å². The Hall–Kier alpha value is -0.870. The predicted octanol–water partition coefficient (Wildman–Crippen LogP) is 2.40. The van der Waals surface area contributed by atoms with Crippen molar-refractivity contribution in [2.24, 2.45) is 11.7 Å². The fourth-order valence-corrected chi connectivity index (χ4v) is 2.41. The van der Waals surface area contributed by atoms with E-state index in [1.807, 2.05) is 12.1 Å². The summed E-state index contributed by atoms with van der Waals surface area (Å²) < 4.78 is 22.6. The average molecular weight is 269 g/mol. The Morgan fingerprint density at radius 2 is 1.72 bits per heavy atom. The van der Waals surface area contributed by atoms with Crippen LogP contribution in [0.25, 0.3) is 0 Å². The fourth-order valence-electron chi connectivity index (χ4n) is 1.78. The molecule has 0 aliphatic heterocycles. The third kappa shape index (κ3) is 4.78. The maximum absolute atomic E-state index is 11.3. The van der Waals surface area contributed by atoms with Gasteiger partial charge in [-0.2, -0.15) is 0 Å². The number of hydrogen-bond donors (Lipinski definition) is 1. The molecule has 18 heavy (non-hydrogen) atoms. The molecule has 1 unspecified atom stereocenters. The van der Waals surface area contributed by atoms with Crippen molar-refractivity contribution in [1.82, 2.24) is 0 Å². The van der Waals surface area contributed by atoms with Crippen molar-refractivity contribution >= 4 is 9.84 Å². The Labute approximate surface area is 110 Å². The van der Waals surface area contributed by atoms with Crippen molar-refractivity contribution in [3.63, 3.8) is 0 Å². The SMILES string of the molecule is CC(C)C(N)CCCc1ccc(S(C)(=O)=O)cc1. The standard InChI is InChI=1S/C14H23NO2S/c1-11(2)14(15)6-4-5-12-7-9-13(10-8-12)18(3,16)17/h7-11,14H,4-6,15H2,1-3H3. The summed E-state index contributed by atoms with van der Waals surface area (Å²) in [6, 6.07) is 7.37. The van der Waals surface area contributed by atoms with Gasteiger partial charge in [0.05, 0.1) is 4.90 Å². The second-order valence-corrected chi connectivity index (χ2v) is 7.23. The van der Waals surface area contributed by atoms with Gasteiger partial charge in [0.1, 0.15) is 0 Å². The predicted molar refractivity (Wildman–Crippen MR) is 75.3 cm³/mol. The smallest absolute Gasteiger partial charge is 0.175 e. The van der Waals surface area contributed by atoms with Crippen LogP contribution in [0.1, 0.15) is 32.3 Å². The van der Waals surface area contributed by atoms with Gasteiger partial charge in [-0.25, -0.2) is 8.42 Å². The van der Waals surface area contributed by atoms with Crippen LogP contribution in [0.2, 0.25) is 0 Å². The van der Waals surface area contributed by atoms with E-state index in [4.69, 9.17) is 5.73 Å². The van der Waals surface area contributed by atoms with E-state index in [2.05, 4.69) is 13.8 Å². The lowest BCUT2D eigenvalue weighted by Gasteiger charge is -2.15. The van der Waals surface area contributed by atoms with Crippen LogP contribution >= 0.6 is 0 Å². The maximum Gasteiger partial charge on any atom is 0.175 e. The van der Waals surface area contributed by atoms with Crippen molar-refractivity contribution in [2.75, 3.05) is 6.26 Å². The van der Waals surface area contributed by atoms with Crippen molar-refractivity contribution in [1.29, 1.82) is 0 Å². The number of rotatable bonds is 6. The molecule has 0 bridgehead atoms. The second-order valence-electron chi connectivity index (χ2n) is 5.22. The van der Waals surface area contributed by atoms with E-state index in [-0.39, 0.29) is 6.04 Å². The summed E-state index contributed by atoms with van der Waals surface area (Å²) in [5.41, 5.74) is 7.15. The van der Waals surface area contributed by atoms with Crippen LogP contribution in [-0.4, -0.2) is 20.7 Å². The molecule has 1 aromatic rings. The summed E-state index contributed by atoms with van der Waals surface area (Å²) in [6.45, 7) is 4.26. The molecule has 0 saturated heterocycles. The first-order chi connectivity index (χ1) is 8.30. The van der Waals surface area contributed by atoms with Crippen LogP contribution in [0.3, 0.4) is 0 Å². The quantitative estimate of drug-likeness (QED) is 0.862. The molecule has 0 aliphatic rings. The highest BCUT2D eigenvalue weighted by Crippen LogP contribution is 2.13. The first-order valence-electron chi connectivity index (χ1n) is 6.35. The minimum absolute atomic E-state index is 0.250. The Balaban J connectivity index is 2.50. The molecule has 0 amide bonds. The molecular formula is C14H23NO2S. The lowest BCUT2D eigenvalue weighted by atomic mass is 9.98. The van der Waals surface area contributed by atoms with Crippen LogP contribution in [0.4, 0.5) is 0 Å². The van der Waals surface area contributed by atoms with Crippen molar-refractivity contribution in [2.45, 2.75) is 44.0 Å². The maximum atomic E-state index is 11.3. The molecule has 0 saturated carbocycles. The summed E-state index contributed by atoms with van der Waals surface area (Å²) in [4.78, 5) is 0.380. The number of hydrogen-bond acceptors (Lipinski definition) is 3. The van der Waals surface area contributed by atoms with Gasteiger partial charge in [-0.1, -0.05) is 26.0 Å². The first-order valence-corrected chi connectivity index (χ1v) is 8.24. The molecule has 0 radical (unpaired) electrons. The molecule has 102 valence electrons. The molecule has 3 nitrogen and oxygen atoms in total. The summed E-state index contributed by atoms with van der Waals surface area (Å²) in [5.74, 6) is 0.512. The zero-order chi connectivity index (χ0) is 13.8. The highest BCUT2D eigenvalue weighted by atomic mass is 32.2. The average Bonchev–Trinajstić information content (AvgIpc) is 2.28. The first kappa shape index (κ1) is 15.2. The van der Waals surface area contributed by atoms with Gasteiger partial charge >= 0.3 is 0 Å². The Kier molecular flexibility index (Phi) is 5.35. The van der Waals surface area contributed by atoms with Crippen molar-refractivity contribution in [3.05, 3.63) is 29.8 Å². The molecule has 1 aromatic carbocycles. The molecule has 1 rings (SSSR count). The van der Waals surface area contributed by atoms with Gasteiger partial charge < -0.3 is 5.73 Å². The summed E-state index contributed by atoms with van der Waals surface area (Å²) in [7, 11) is -3.08. The van der Waals surface area contributed by atoms with E-state index in [0.29, 0.717) is 10.8 Å². The molecule has 2 N–H and O–H groups in total. The van der Waals surface area contributed by atoms with Crippen LogP contribution in [0.5, 0.6) is 0 Å². The zero-order valence-electron chi connectivity index (χ0n) is 11.4. The lowest BCUT2D eigenvalue weighted by molar-refractivity contribution is 0.452. The number of benzene rings is 1. The van der Waals surface area contributed by atoms with Gasteiger partial charge in [0.2, 0.25) is 0 Å². The Morgan fingerprint density at radius 1 is 1.17 bits per heavy atom. The number of aryl methyl sites for hydroxylation is 1. The summed E-state index contributed by atoms with van der Waals surface area (Å²) in [6.07, 6.45) is 4.22. The minimum Gasteiger partial charge on any atom is -0.327 e. The summed E-state index contributed by atoms with van der Waals surface area (Å²) in [5, 5.41) is 0. The third-order valence-corrected chi connectivity index (χ3v) is 4.34. The highest BCUT2D eigenvalue weighted by Gasteiger charge is 2.08. The number of nitrogens with two attached hydrogens (primary N) is 1. The normalized spacial score (nSPS) is 13.8. The van der Waals surface area contributed by atoms with Crippen LogP contribution in [0.15, 0.2) is 29.2 Å². The molecule has 1 atom stereocenters. The molecule has 0 aromatic heterocycles. The van der Waals surface area contributed by atoms with E-state index >= 15 is 0 Å². The molecule has 0 spiro atoms. The van der Waals surface area contributed by atoms with Gasteiger partial charge in [-0.05, 0) is 42.9 Å². The Morgan fingerprint density at radius 3 is 2.17 bits per heavy atom. The third-order valence-electron chi connectivity index (χ3n) is 3.21. The number of sulfone groups is 1. The lowest BCUT2D eigenvalue weighted by Crippen LogP contribution is -2.26. The van der Waals surface area contributed by atoms with Gasteiger partial charge in [0.25, 0.3) is 0 Å². The van der Waals surface area contributed by atoms with E-state index in [9.17, 15) is 8.42 Å². The van der Waals surface area contributed by atoms with E-state index in [1.165, 1.54) is 11.8 Å². The molecule has 4 heteroatoms. The van der Waals surface area contributed by atoms with E-state index in [1.54, 1.807) is 12.1 Å². The van der Waals surface area contributed by atoms with Crippen LogP contribution in [-0.2, 0) is 16.3 Å². The molecule has 0 fully saturated rings. The van der Waals surface area contributed by atoms with E-state index < -0.39 is 9.84 Å².